The van der Waals surface area contributed by atoms with E-state index in [4.69, 9.17) is 5.73 Å². The number of nitrogens with zero attached hydrogens (tertiary/aromatic N) is 3. The van der Waals surface area contributed by atoms with Crippen molar-refractivity contribution in [2.45, 2.75) is 26.8 Å². The maximum atomic E-state index is 12.5. The van der Waals surface area contributed by atoms with E-state index in [1.54, 1.807) is 35.0 Å². The number of thiophene rings is 1. The largest absolute Gasteiger partial charge is 0.395 e. The molecule has 2 aromatic rings. The third-order valence-corrected chi connectivity index (χ3v) is 4.40. The highest BCUT2D eigenvalue weighted by Crippen LogP contribution is 2.21. The Hall–Kier alpha value is -1.82. The molecule has 20 heavy (non-hydrogen) atoms. The highest BCUT2D eigenvalue weighted by Gasteiger charge is 2.22. The van der Waals surface area contributed by atoms with Gasteiger partial charge in [0.15, 0.2) is 0 Å². The first-order valence-electron chi connectivity index (χ1n) is 6.55. The topological polar surface area (TPSA) is 64.2 Å². The van der Waals surface area contributed by atoms with Crippen LogP contribution in [0.5, 0.6) is 0 Å². The molecule has 2 aromatic heterocycles. The lowest BCUT2D eigenvalue weighted by Crippen LogP contribution is -2.28. The van der Waals surface area contributed by atoms with Gasteiger partial charge >= 0.3 is 0 Å². The molecule has 0 radical (unpaired) electrons. The van der Waals surface area contributed by atoms with Gasteiger partial charge in [0.25, 0.3) is 5.91 Å². The summed E-state index contributed by atoms with van der Waals surface area (Å²) in [5, 5.41) is 6.33. The molecule has 0 aliphatic rings. The Morgan fingerprint density at radius 1 is 1.55 bits per heavy atom. The van der Waals surface area contributed by atoms with E-state index >= 15 is 0 Å². The second-order valence-electron chi connectivity index (χ2n) is 4.87. The summed E-state index contributed by atoms with van der Waals surface area (Å²) < 4.78 is 1.58. The summed E-state index contributed by atoms with van der Waals surface area (Å²) in [7, 11) is 3.55. The van der Waals surface area contributed by atoms with E-state index in [1.165, 1.54) is 10.4 Å². The van der Waals surface area contributed by atoms with Crippen LogP contribution in [-0.4, -0.2) is 27.6 Å². The molecule has 0 saturated heterocycles. The molecule has 0 saturated carbocycles. The Morgan fingerprint density at radius 2 is 2.25 bits per heavy atom. The number of amides is 1. The number of nitrogens with two attached hydrogens (primary N) is 1. The molecular formula is C14H20N4OS. The number of hydrogen-bond donors (Lipinski definition) is 1. The normalized spacial score (nSPS) is 10.8. The maximum Gasteiger partial charge on any atom is 0.274 e. The zero-order valence-electron chi connectivity index (χ0n) is 12.3. The summed E-state index contributed by atoms with van der Waals surface area (Å²) in [6.45, 7) is 4.62. The highest BCUT2D eigenvalue weighted by molar-refractivity contribution is 7.10. The molecule has 108 valence electrons. The Bertz CT molecular complexity index is 629. The van der Waals surface area contributed by atoms with Gasteiger partial charge in [-0.05, 0) is 30.4 Å². The lowest BCUT2D eigenvalue weighted by molar-refractivity contribution is 0.0776. The van der Waals surface area contributed by atoms with Gasteiger partial charge in [-0.3, -0.25) is 9.48 Å². The molecule has 2 heterocycles. The molecule has 5 nitrogen and oxygen atoms in total. The van der Waals surface area contributed by atoms with E-state index in [0.29, 0.717) is 17.9 Å². The van der Waals surface area contributed by atoms with Crippen molar-refractivity contribution in [3.63, 3.8) is 0 Å². The third kappa shape index (κ3) is 2.56. The second-order valence-corrected chi connectivity index (χ2v) is 5.87. The van der Waals surface area contributed by atoms with Crippen LogP contribution in [0.15, 0.2) is 11.4 Å². The summed E-state index contributed by atoms with van der Waals surface area (Å²) in [6.07, 6.45) is 0.723. The van der Waals surface area contributed by atoms with Crippen molar-refractivity contribution >= 4 is 22.9 Å². The molecule has 0 bridgehead atoms. The van der Waals surface area contributed by atoms with Crippen LogP contribution < -0.4 is 5.73 Å². The molecule has 0 unspecified atom stereocenters. The van der Waals surface area contributed by atoms with Gasteiger partial charge in [0.05, 0.1) is 17.9 Å². The number of carbonyl (C=O) groups excluding carboxylic acids is 1. The molecular weight excluding hydrogens is 272 g/mol. The predicted molar refractivity (Wildman–Crippen MR) is 81.9 cm³/mol. The van der Waals surface area contributed by atoms with Crippen molar-refractivity contribution in [3.05, 3.63) is 33.3 Å². The van der Waals surface area contributed by atoms with Gasteiger partial charge in [0.2, 0.25) is 0 Å². The second kappa shape index (κ2) is 5.66. The number of hydrogen-bond acceptors (Lipinski definition) is 4. The van der Waals surface area contributed by atoms with E-state index in [-0.39, 0.29) is 5.91 Å². The van der Waals surface area contributed by atoms with Gasteiger partial charge in [-0.1, -0.05) is 6.92 Å². The fourth-order valence-electron chi connectivity index (χ4n) is 2.14. The minimum atomic E-state index is -0.0926. The molecule has 6 heteroatoms. The maximum absolute atomic E-state index is 12.5. The van der Waals surface area contributed by atoms with Gasteiger partial charge < -0.3 is 10.6 Å². The molecule has 0 aliphatic carbocycles. The smallest absolute Gasteiger partial charge is 0.274 e. The number of aryl methyl sites for hydroxylation is 3. The van der Waals surface area contributed by atoms with E-state index in [1.807, 2.05) is 12.3 Å². The molecule has 0 aromatic carbocycles. The first-order chi connectivity index (χ1) is 9.45. The van der Waals surface area contributed by atoms with Crippen LogP contribution in [0.25, 0.3) is 0 Å². The van der Waals surface area contributed by atoms with Gasteiger partial charge in [0.1, 0.15) is 5.69 Å². The molecule has 0 aliphatic heterocycles. The van der Waals surface area contributed by atoms with Crippen molar-refractivity contribution in [2.24, 2.45) is 7.05 Å². The number of aromatic nitrogens is 2. The fraction of sp³-hybridized carbons (Fsp3) is 0.429. The monoisotopic (exact) mass is 292 g/mol. The van der Waals surface area contributed by atoms with E-state index in [2.05, 4.69) is 18.1 Å². The third-order valence-electron chi connectivity index (χ3n) is 3.39. The zero-order chi connectivity index (χ0) is 14.9. The van der Waals surface area contributed by atoms with Crippen molar-refractivity contribution in [2.75, 3.05) is 12.8 Å². The average molecular weight is 292 g/mol. The standard InChI is InChI=1S/C14H20N4OS/c1-5-10-12(15)13(18(4)16-10)14(19)17(3)8-11-9(2)6-7-20-11/h6-7H,5,8,15H2,1-4H3. The van der Waals surface area contributed by atoms with Crippen molar-refractivity contribution in [3.8, 4) is 0 Å². The first-order valence-corrected chi connectivity index (χ1v) is 7.43. The SMILES string of the molecule is CCc1nn(C)c(C(=O)N(C)Cc2sccc2C)c1N. The summed E-state index contributed by atoms with van der Waals surface area (Å²) in [5.74, 6) is -0.0926. The van der Waals surface area contributed by atoms with Crippen molar-refractivity contribution in [1.29, 1.82) is 0 Å². The Kier molecular flexibility index (Phi) is 4.13. The summed E-state index contributed by atoms with van der Waals surface area (Å²) in [6, 6.07) is 2.06. The van der Waals surface area contributed by atoms with Crippen LogP contribution in [0.2, 0.25) is 0 Å². The van der Waals surface area contributed by atoms with Crippen LogP contribution >= 0.6 is 11.3 Å². The summed E-state index contributed by atoms with van der Waals surface area (Å²) in [4.78, 5) is 15.4. The van der Waals surface area contributed by atoms with Crippen LogP contribution in [0.3, 0.4) is 0 Å². The van der Waals surface area contributed by atoms with Crippen LogP contribution in [-0.2, 0) is 20.0 Å². The van der Waals surface area contributed by atoms with Gasteiger partial charge in [-0.2, -0.15) is 5.10 Å². The van der Waals surface area contributed by atoms with Gasteiger partial charge in [0, 0.05) is 19.0 Å². The van der Waals surface area contributed by atoms with E-state index in [0.717, 1.165) is 12.1 Å². The number of carbonyl (C=O) groups is 1. The van der Waals surface area contributed by atoms with Gasteiger partial charge in [-0.25, -0.2) is 0 Å². The first kappa shape index (κ1) is 14.6. The molecule has 0 atom stereocenters. The molecule has 2 N–H and O–H groups in total. The fourth-order valence-corrected chi connectivity index (χ4v) is 3.10. The Labute approximate surface area is 123 Å². The quantitative estimate of drug-likeness (QED) is 0.939. The zero-order valence-corrected chi connectivity index (χ0v) is 13.1. The Morgan fingerprint density at radius 3 is 2.75 bits per heavy atom. The van der Waals surface area contributed by atoms with E-state index in [9.17, 15) is 4.79 Å². The van der Waals surface area contributed by atoms with Crippen LogP contribution in [0.1, 0.15) is 33.5 Å². The summed E-state index contributed by atoms with van der Waals surface area (Å²) in [5.41, 5.74) is 8.98. The van der Waals surface area contributed by atoms with Gasteiger partial charge in [-0.15, -0.1) is 11.3 Å². The highest BCUT2D eigenvalue weighted by atomic mass is 32.1. The van der Waals surface area contributed by atoms with Crippen LogP contribution in [0.4, 0.5) is 5.69 Å². The molecule has 0 spiro atoms. The predicted octanol–water partition coefficient (Wildman–Crippen LogP) is 2.21. The Balaban J connectivity index is 2.23. The minimum Gasteiger partial charge on any atom is -0.395 e. The lowest BCUT2D eigenvalue weighted by Gasteiger charge is -2.17. The van der Waals surface area contributed by atoms with Crippen molar-refractivity contribution in [1.82, 2.24) is 14.7 Å². The van der Waals surface area contributed by atoms with E-state index < -0.39 is 0 Å². The number of rotatable bonds is 4. The number of nitrogen functional groups attached to an aromatic ring is 1. The molecule has 0 fully saturated rings. The minimum absolute atomic E-state index is 0.0926. The lowest BCUT2D eigenvalue weighted by atomic mass is 10.2. The van der Waals surface area contributed by atoms with Crippen LogP contribution in [0, 0.1) is 6.92 Å². The summed E-state index contributed by atoms with van der Waals surface area (Å²) >= 11 is 1.66. The molecule has 1 amide bonds. The van der Waals surface area contributed by atoms with Crippen molar-refractivity contribution < 1.29 is 4.79 Å². The average Bonchev–Trinajstić information content (AvgIpc) is 2.93. The molecule has 2 rings (SSSR count). The number of anilines is 1.